The Balaban J connectivity index is 1.49. The third-order valence-electron chi connectivity index (χ3n) is 5.34. The predicted molar refractivity (Wildman–Crippen MR) is 121 cm³/mol. The van der Waals surface area contributed by atoms with E-state index >= 15 is 0 Å². The van der Waals surface area contributed by atoms with Gasteiger partial charge in [0.15, 0.2) is 6.10 Å². The average molecular weight is 493 g/mol. The Bertz CT molecular complexity index is 949. The van der Waals surface area contributed by atoms with E-state index in [-0.39, 0.29) is 18.4 Å². The van der Waals surface area contributed by atoms with Gasteiger partial charge in [0.1, 0.15) is 5.75 Å². The van der Waals surface area contributed by atoms with Gasteiger partial charge in [-0.3, -0.25) is 9.59 Å². The third-order valence-corrected chi connectivity index (χ3v) is 6.15. The number of benzene rings is 2. The molecule has 2 heterocycles. The Labute approximate surface area is 189 Å². The predicted octanol–water partition coefficient (Wildman–Crippen LogP) is 4.32. The molecule has 2 aromatic rings. The fourth-order valence-corrected chi connectivity index (χ4v) is 4.58. The van der Waals surface area contributed by atoms with Crippen LogP contribution in [0.4, 0.5) is 11.4 Å². The molecule has 30 heavy (non-hydrogen) atoms. The van der Waals surface area contributed by atoms with Crippen molar-refractivity contribution in [1.82, 2.24) is 4.90 Å². The highest BCUT2D eigenvalue weighted by atomic mass is 79.9. The summed E-state index contributed by atoms with van der Waals surface area (Å²) in [6.45, 7) is 1.95. The molecular weight excluding hydrogens is 470 g/mol. The number of hydrogen-bond acceptors (Lipinski definition) is 4. The number of para-hydroxylation sites is 2. The average Bonchev–Trinajstić information content (AvgIpc) is 2.75. The number of nitrogens with one attached hydrogen (secondary N) is 1. The van der Waals surface area contributed by atoms with Crippen molar-refractivity contribution < 1.29 is 14.3 Å². The van der Waals surface area contributed by atoms with Gasteiger partial charge in [-0.2, -0.15) is 0 Å². The summed E-state index contributed by atoms with van der Waals surface area (Å²) in [6, 6.07) is 12.8. The zero-order valence-electron chi connectivity index (χ0n) is 16.4. The van der Waals surface area contributed by atoms with Gasteiger partial charge in [-0.25, -0.2) is 0 Å². The molecule has 8 heteroatoms. The summed E-state index contributed by atoms with van der Waals surface area (Å²) < 4.78 is 6.86. The van der Waals surface area contributed by atoms with Gasteiger partial charge in [0.25, 0.3) is 5.91 Å². The molecule has 0 aliphatic carbocycles. The molecule has 0 spiro atoms. The molecule has 0 saturated carbocycles. The third kappa shape index (κ3) is 4.73. The monoisotopic (exact) mass is 491 g/mol. The fourth-order valence-electron chi connectivity index (χ4n) is 3.86. The molecule has 1 saturated heterocycles. The van der Waals surface area contributed by atoms with Gasteiger partial charge in [-0.15, -0.1) is 0 Å². The van der Waals surface area contributed by atoms with Crippen LogP contribution in [0.25, 0.3) is 0 Å². The van der Waals surface area contributed by atoms with Crippen LogP contribution in [0.2, 0.25) is 5.02 Å². The van der Waals surface area contributed by atoms with Crippen molar-refractivity contribution in [3.63, 3.8) is 0 Å². The number of carbonyl (C=O) groups is 2. The first kappa shape index (κ1) is 21.0. The number of likely N-dealkylation sites (tertiary alicyclic amines) is 1. The van der Waals surface area contributed by atoms with Crippen LogP contribution in [0.1, 0.15) is 19.3 Å². The van der Waals surface area contributed by atoms with Gasteiger partial charge in [-0.05, 0) is 49.6 Å². The highest BCUT2D eigenvalue weighted by molar-refractivity contribution is 9.10. The molecule has 0 bridgehead atoms. The molecule has 1 N–H and O–H groups in total. The van der Waals surface area contributed by atoms with Crippen LogP contribution in [-0.2, 0) is 9.59 Å². The maximum atomic E-state index is 13.0. The van der Waals surface area contributed by atoms with Crippen molar-refractivity contribution in [2.45, 2.75) is 25.4 Å². The number of rotatable bonds is 4. The fraction of sp³-hybridized carbons (Fsp3) is 0.364. The number of carbonyl (C=O) groups excluding carboxylic acids is 2. The standard InChI is InChI=1S/C22H23BrClN3O3/c23-15-8-9-17(16(24)12-15)25-21(28)14-27-13-20(22(29)26-10-4-1-5-11-26)30-19-7-3-2-6-18(19)27/h2-3,6-9,12,20H,1,4-5,10-11,13-14H2,(H,25,28)/t20-/m0/s1. The molecule has 0 unspecified atom stereocenters. The normalized spacial score (nSPS) is 18.4. The van der Waals surface area contributed by atoms with E-state index in [1.807, 2.05) is 40.1 Å². The van der Waals surface area contributed by atoms with Crippen LogP contribution in [0.5, 0.6) is 5.75 Å². The number of fused-ring (bicyclic) bond motifs is 1. The lowest BCUT2D eigenvalue weighted by atomic mass is 10.1. The van der Waals surface area contributed by atoms with Gasteiger partial charge in [0, 0.05) is 17.6 Å². The Morgan fingerprint density at radius 3 is 2.67 bits per heavy atom. The minimum Gasteiger partial charge on any atom is -0.477 e. The van der Waals surface area contributed by atoms with E-state index in [2.05, 4.69) is 21.2 Å². The maximum Gasteiger partial charge on any atom is 0.265 e. The SMILES string of the molecule is O=C(CN1C[C@@H](C(=O)N2CCCCC2)Oc2ccccc21)Nc1ccc(Br)cc1Cl. The van der Waals surface area contributed by atoms with E-state index in [0.29, 0.717) is 23.0 Å². The summed E-state index contributed by atoms with van der Waals surface area (Å²) in [7, 11) is 0. The van der Waals surface area contributed by atoms with Crippen molar-refractivity contribution in [3.8, 4) is 5.75 Å². The minimum absolute atomic E-state index is 0.00874. The number of hydrogen-bond donors (Lipinski definition) is 1. The Morgan fingerprint density at radius 1 is 1.13 bits per heavy atom. The summed E-state index contributed by atoms with van der Waals surface area (Å²) in [5, 5.41) is 3.31. The van der Waals surface area contributed by atoms with Crippen LogP contribution >= 0.6 is 27.5 Å². The van der Waals surface area contributed by atoms with Crippen LogP contribution in [0, 0.1) is 0 Å². The number of amides is 2. The Kier molecular flexibility index (Phi) is 6.49. The summed E-state index contributed by atoms with van der Waals surface area (Å²) in [5.41, 5.74) is 1.35. The molecule has 2 aromatic carbocycles. The van der Waals surface area contributed by atoms with E-state index < -0.39 is 6.10 Å². The second kappa shape index (κ2) is 9.27. The van der Waals surface area contributed by atoms with Crippen molar-refractivity contribution in [2.75, 3.05) is 36.4 Å². The molecule has 0 aromatic heterocycles. The lowest BCUT2D eigenvalue weighted by molar-refractivity contribution is -0.139. The largest absolute Gasteiger partial charge is 0.477 e. The molecule has 6 nitrogen and oxygen atoms in total. The van der Waals surface area contributed by atoms with E-state index in [0.717, 1.165) is 42.5 Å². The topological polar surface area (TPSA) is 61.9 Å². The van der Waals surface area contributed by atoms with Crippen molar-refractivity contribution in [3.05, 3.63) is 52.0 Å². The number of halogens is 2. The minimum atomic E-state index is -0.623. The first-order valence-electron chi connectivity index (χ1n) is 10.1. The van der Waals surface area contributed by atoms with Crippen molar-refractivity contribution >= 4 is 50.7 Å². The highest BCUT2D eigenvalue weighted by Gasteiger charge is 2.34. The van der Waals surface area contributed by atoms with Crippen LogP contribution in [0.15, 0.2) is 46.9 Å². The van der Waals surface area contributed by atoms with Gasteiger partial charge in [0.2, 0.25) is 5.91 Å². The number of anilines is 2. The van der Waals surface area contributed by atoms with Gasteiger partial charge in [0.05, 0.1) is 29.5 Å². The second-order valence-corrected chi connectivity index (χ2v) is 8.84. The summed E-state index contributed by atoms with van der Waals surface area (Å²) in [5.74, 6) is 0.402. The highest BCUT2D eigenvalue weighted by Crippen LogP contribution is 2.34. The lowest BCUT2D eigenvalue weighted by Crippen LogP contribution is -2.52. The molecule has 4 rings (SSSR count). The van der Waals surface area contributed by atoms with Crippen LogP contribution < -0.4 is 15.0 Å². The van der Waals surface area contributed by atoms with E-state index in [4.69, 9.17) is 16.3 Å². The van der Waals surface area contributed by atoms with Gasteiger partial charge < -0.3 is 19.9 Å². The van der Waals surface area contributed by atoms with Crippen molar-refractivity contribution in [2.24, 2.45) is 0 Å². The van der Waals surface area contributed by atoms with E-state index in [1.165, 1.54) is 0 Å². The maximum absolute atomic E-state index is 13.0. The Hall–Kier alpha value is -2.25. The van der Waals surface area contributed by atoms with Crippen molar-refractivity contribution in [1.29, 1.82) is 0 Å². The number of nitrogens with zero attached hydrogens (tertiary/aromatic N) is 2. The van der Waals surface area contributed by atoms with Gasteiger partial charge in [-0.1, -0.05) is 39.7 Å². The molecule has 1 atom stereocenters. The Morgan fingerprint density at radius 2 is 1.90 bits per heavy atom. The molecular formula is C22H23BrClN3O3. The van der Waals surface area contributed by atoms with Crippen LogP contribution in [-0.4, -0.2) is 49.0 Å². The van der Waals surface area contributed by atoms with E-state index in [9.17, 15) is 9.59 Å². The molecule has 158 valence electrons. The summed E-state index contributed by atoms with van der Waals surface area (Å²) >= 11 is 9.58. The number of piperidine rings is 1. The first-order valence-corrected chi connectivity index (χ1v) is 11.2. The molecule has 2 amide bonds. The molecule has 1 fully saturated rings. The number of ether oxygens (including phenoxy) is 1. The first-order chi connectivity index (χ1) is 14.5. The quantitative estimate of drug-likeness (QED) is 0.690. The van der Waals surface area contributed by atoms with Gasteiger partial charge >= 0.3 is 0 Å². The van der Waals surface area contributed by atoms with Crippen LogP contribution in [0.3, 0.4) is 0 Å². The summed E-state index contributed by atoms with van der Waals surface area (Å²) in [6.07, 6.45) is 2.58. The smallest absolute Gasteiger partial charge is 0.265 e. The molecule has 2 aliphatic rings. The zero-order valence-corrected chi connectivity index (χ0v) is 18.8. The lowest BCUT2D eigenvalue weighted by Gasteiger charge is -2.38. The van der Waals surface area contributed by atoms with E-state index in [1.54, 1.807) is 12.1 Å². The zero-order chi connectivity index (χ0) is 21.1. The summed E-state index contributed by atoms with van der Waals surface area (Å²) in [4.78, 5) is 29.5. The molecule has 0 radical (unpaired) electrons. The molecule has 2 aliphatic heterocycles. The second-order valence-electron chi connectivity index (χ2n) is 7.51.